The van der Waals surface area contributed by atoms with E-state index in [0.29, 0.717) is 33.4 Å². The molecule has 0 bridgehead atoms. The fourth-order valence-corrected chi connectivity index (χ4v) is 7.34. The predicted octanol–water partition coefficient (Wildman–Crippen LogP) is 7.73. The van der Waals surface area contributed by atoms with Crippen molar-refractivity contribution >= 4 is 58.7 Å². The summed E-state index contributed by atoms with van der Waals surface area (Å²) >= 11 is 19.8. The number of hydrogen-bond acceptors (Lipinski definition) is 12. The fourth-order valence-electron chi connectivity index (χ4n) is 6.35. The minimum Gasteiger partial charge on any atom is -0.496 e. The van der Waals surface area contributed by atoms with E-state index in [0.717, 1.165) is 0 Å². The van der Waals surface area contributed by atoms with Crippen LogP contribution in [0.3, 0.4) is 0 Å². The molecular weight excluding hydrogens is 779 g/mol. The van der Waals surface area contributed by atoms with E-state index >= 15 is 0 Å². The second-order valence-electron chi connectivity index (χ2n) is 11.9. The molecular formula is C40H39Cl3O12. The third-order valence-corrected chi connectivity index (χ3v) is 9.64. The van der Waals surface area contributed by atoms with E-state index in [4.69, 9.17) is 72.7 Å². The number of alkyl halides is 1. The summed E-state index contributed by atoms with van der Waals surface area (Å²) < 4.78 is 42.4. The van der Waals surface area contributed by atoms with Crippen LogP contribution in [0.2, 0.25) is 10.0 Å². The lowest BCUT2D eigenvalue weighted by molar-refractivity contribution is 0.0587. The van der Waals surface area contributed by atoms with E-state index in [1.54, 1.807) is 36.4 Å². The van der Waals surface area contributed by atoms with Crippen LogP contribution in [-0.4, -0.2) is 86.6 Å². The highest BCUT2D eigenvalue weighted by Gasteiger charge is 2.28. The summed E-state index contributed by atoms with van der Waals surface area (Å²) in [6, 6.07) is 13.2. The Morgan fingerprint density at radius 1 is 0.473 bits per heavy atom. The van der Waals surface area contributed by atoms with Crippen molar-refractivity contribution in [1.29, 1.82) is 0 Å². The van der Waals surface area contributed by atoms with Gasteiger partial charge in [0.15, 0.2) is 11.5 Å². The molecule has 15 heteroatoms. The van der Waals surface area contributed by atoms with Gasteiger partial charge in [-0.3, -0.25) is 0 Å². The van der Waals surface area contributed by atoms with Crippen molar-refractivity contribution in [2.75, 3.05) is 62.8 Å². The molecule has 0 aliphatic rings. The van der Waals surface area contributed by atoms with Crippen LogP contribution >= 0.6 is 34.8 Å². The van der Waals surface area contributed by atoms with Gasteiger partial charge in [0.2, 0.25) is 0 Å². The van der Waals surface area contributed by atoms with Crippen LogP contribution in [0.25, 0.3) is 0 Å². The predicted molar refractivity (Wildman–Crippen MR) is 206 cm³/mol. The minimum absolute atomic E-state index is 0.0134. The molecule has 0 spiro atoms. The van der Waals surface area contributed by atoms with E-state index in [1.165, 1.54) is 56.9 Å². The Hall–Kier alpha value is -5.17. The molecule has 0 saturated heterocycles. The van der Waals surface area contributed by atoms with Gasteiger partial charge in [-0.2, -0.15) is 0 Å². The van der Waals surface area contributed by atoms with Gasteiger partial charge in [0, 0.05) is 24.6 Å². The highest BCUT2D eigenvalue weighted by Crippen LogP contribution is 2.40. The first kappa shape index (κ1) is 42.6. The molecule has 4 rings (SSSR count). The Morgan fingerprint density at radius 3 is 1.05 bits per heavy atom. The van der Waals surface area contributed by atoms with Crippen molar-refractivity contribution < 1.29 is 57.1 Å². The molecule has 292 valence electrons. The maximum atomic E-state index is 13.2. The van der Waals surface area contributed by atoms with Gasteiger partial charge < -0.3 is 37.9 Å². The van der Waals surface area contributed by atoms with Gasteiger partial charge in [-0.15, -0.1) is 11.6 Å². The van der Waals surface area contributed by atoms with Gasteiger partial charge in [0.25, 0.3) is 0 Å². The molecule has 0 aliphatic heterocycles. The summed E-state index contributed by atoms with van der Waals surface area (Å²) in [6.45, 7) is 0. The molecule has 0 unspecified atom stereocenters. The number of ether oxygens (including phenoxy) is 8. The van der Waals surface area contributed by atoms with Gasteiger partial charge in [-0.1, -0.05) is 35.3 Å². The zero-order chi connectivity index (χ0) is 40.6. The van der Waals surface area contributed by atoms with Crippen molar-refractivity contribution in [2.45, 2.75) is 18.8 Å². The maximum absolute atomic E-state index is 13.2. The molecule has 0 heterocycles. The molecule has 0 amide bonds. The summed E-state index contributed by atoms with van der Waals surface area (Å²) in [6.07, 6.45) is 0.261. The monoisotopic (exact) mass is 816 g/mol. The molecule has 4 aromatic rings. The Morgan fingerprint density at radius 2 is 0.782 bits per heavy atom. The first-order chi connectivity index (χ1) is 26.3. The lowest BCUT2D eigenvalue weighted by atomic mass is 9.86. The number of esters is 4. The number of hydrogen-bond donors (Lipinski definition) is 0. The van der Waals surface area contributed by atoms with Gasteiger partial charge in [-0.05, 0) is 69.8 Å². The average molecular weight is 818 g/mol. The molecule has 0 radical (unpaired) electrons. The highest BCUT2D eigenvalue weighted by molar-refractivity contribution is 6.33. The van der Waals surface area contributed by atoms with Gasteiger partial charge >= 0.3 is 23.9 Å². The smallest absolute Gasteiger partial charge is 0.341 e. The van der Waals surface area contributed by atoms with Crippen LogP contribution in [0.4, 0.5) is 0 Å². The summed E-state index contributed by atoms with van der Waals surface area (Å²) in [5, 5.41) is 0.334. The van der Waals surface area contributed by atoms with E-state index in [1.807, 2.05) is 12.1 Å². The second kappa shape index (κ2) is 18.9. The third-order valence-electron chi connectivity index (χ3n) is 8.77. The zero-order valence-corrected chi connectivity index (χ0v) is 33.6. The lowest BCUT2D eigenvalue weighted by Gasteiger charge is -2.23. The van der Waals surface area contributed by atoms with Crippen molar-refractivity contribution in [2.24, 2.45) is 0 Å². The van der Waals surface area contributed by atoms with Crippen LogP contribution in [0.5, 0.6) is 23.0 Å². The number of benzene rings is 4. The molecule has 0 saturated carbocycles. The van der Waals surface area contributed by atoms with E-state index < -0.39 is 29.8 Å². The number of carbonyl (C=O) groups is 4. The molecule has 55 heavy (non-hydrogen) atoms. The number of halogens is 3. The number of carbonyl (C=O) groups excluding carboxylic acids is 4. The summed E-state index contributed by atoms with van der Waals surface area (Å²) in [7, 11) is 10.6. The molecule has 0 N–H and O–H groups in total. The van der Waals surface area contributed by atoms with E-state index in [-0.39, 0.29) is 74.0 Å². The SMILES string of the molecule is COC(=O)c1cc(Cc2cc(C(CCl)c3cc(Cc4cc(Cl)c(OC)c(C(=O)OC)c4)c(OC)c(C(=O)OC)c3)cc(C(=O)OC)c2OC)cc(Cl)c1OC. The maximum Gasteiger partial charge on any atom is 0.341 e. The highest BCUT2D eigenvalue weighted by atomic mass is 35.5. The first-order valence-electron chi connectivity index (χ1n) is 16.4. The minimum atomic E-state index is -0.681. The van der Waals surface area contributed by atoms with Crippen molar-refractivity contribution in [3.05, 3.63) is 114 Å². The van der Waals surface area contributed by atoms with E-state index in [9.17, 15) is 19.2 Å². The summed E-state index contributed by atoms with van der Waals surface area (Å²) in [5.41, 5.74) is 3.73. The van der Waals surface area contributed by atoms with Gasteiger partial charge in [0.1, 0.15) is 33.8 Å². The summed E-state index contributed by atoms with van der Waals surface area (Å²) in [5.74, 6) is -2.60. The second-order valence-corrected chi connectivity index (χ2v) is 13.0. The molecule has 12 nitrogen and oxygen atoms in total. The molecule has 0 atom stereocenters. The average Bonchev–Trinajstić information content (AvgIpc) is 3.18. The Kier molecular flexibility index (Phi) is 14.6. The zero-order valence-electron chi connectivity index (χ0n) is 31.4. The molecule has 0 aliphatic carbocycles. The topological polar surface area (TPSA) is 142 Å². The first-order valence-corrected chi connectivity index (χ1v) is 17.7. The molecule has 4 aromatic carbocycles. The number of methoxy groups -OCH3 is 8. The van der Waals surface area contributed by atoms with Crippen LogP contribution < -0.4 is 18.9 Å². The van der Waals surface area contributed by atoms with Gasteiger partial charge in [-0.25, -0.2) is 19.2 Å². The van der Waals surface area contributed by atoms with Crippen molar-refractivity contribution in [3.8, 4) is 23.0 Å². The number of rotatable bonds is 15. The van der Waals surface area contributed by atoms with Crippen LogP contribution in [0.15, 0.2) is 48.5 Å². The molecule has 0 aromatic heterocycles. The third kappa shape index (κ3) is 9.04. The van der Waals surface area contributed by atoms with E-state index in [2.05, 4.69) is 0 Å². The quantitative estimate of drug-likeness (QED) is 0.0659. The van der Waals surface area contributed by atoms with Crippen molar-refractivity contribution in [1.82, 2.24) is 0 Å². The fraction of sp³-hybridized carbons (Fsp3) is 0.300. The normalized spacial score (nSPS) is 10.8. The van der Waals surface area contributed by atoms with Crippen LogP contribution in [0, 0.1) is 0 Å². The van der Waals surface area contributed by atoms with Gasteiger partial charge in [0.05, 0.1) is 66.9 Å². The van der Waals surface area contributed by atoms with Crippen molar-refractivity contribution in [3.63, 3.8) is 0 Å². The standard InChI is InChI=1S/C40H39Cl3O12/c1-48-33-24(9-20-11-26(37(44)52-5)35(50-3)31(42)13-20)15-22(17-28(33)39(46)54-7)30(19-41)23-16-25(34(49-2)29(18-23)40(47)55-8)10-21-12-27(38(45)53-6)36(51-4)32(43)14-21/h11-18,30H,9-10,19H2,1-8H3. The summed E-state index contributed by atoms with van der Waals surface area (Å²) in [4.78, 5) is 51.8. The Bertz CT molecular complexity index is 1970. The van der Waals surface area contributed by atoms with Crippen LogP contribution in [-0.2, 0) is 31.8 Å². The van der Waals surface area contributed by atoms with Crippen LogP contribution in [0.1, 0.15) is 80.7 Å². The lowest BCUT2D eigenvalue weighted by Crippen LogP contribution is -2.13. The Labute approximate surface area is 333 Å². The Balaban J connectivity index is 1.96. The largest absolute Gasteiger partial charge is 0.496 e. The molecule has 0 fully saturated rings.